The molecule has 1 unspecified atom stereocenters. The summed E-state index contributed by atoms with van der Waals surface area (Å²) >= 11 is 0. The zero-order valence-electron chi connectivity index (χ0n) is 11.2. The Morgan fingerprint density at radius 3 is 2.67 bits per heavy atom. The van der Waals surface area contributed by atoms with Crippen molar-refractivity contribution in [3.05, 3.63) is 71.8 Å². The molecule has 1 aromatic heterocycles. The summed E-state index contributed by atoms with van der Waals surface area (Å²) in [6.45, 7) is 0. The lowest BCUT2D eigenvalue weighted by Crippen LogP contribution is -2.15. The molecule has 0 radical (unpaired) electrons. The lowest BCUT2D eigenvalue weighted by atomic mass is 9.96. The average Bonchev–Trinajstić information content (AvgIpc) is 3.05. The smallest absolute Gasteiger partial charge is 0.229 e. The Bertz CT molecular complexity index is 729. The second kappa shape index (κ2) is 5.66. The Labute approximate surface area is 121 Å². The van der Waals surface area contributed by atoms with Gasteiger partial charge >= 0.3 is 0 Å². The Morgan fingerprint density at radius 1 is 1.14 bits per heavy atom. The minimum Gasteiger partial charge on any atom is -0.290 e. The van der Waals surface area contributed by atoms with E-state index < -0.39 is 0 Å². The van der Waals surface area contributed by atoms with E-state index in [1.807, 2.05) is 30.4 Å². The second-order valence-electron chi connectivity index (χ2n) is 4.72. The first-order chi connectivity index (χ1) is 10.3. The van der Waals surface area contributed by atoms with Crippen molar-refractivity contribution in [1.29, 1.82) is 0 Å². The van der Waals surface area contributed by atoms with Crippen LogP contribution in [0.2, 0.25) is 0 Å². The zero-order chi connectivity index (χ0) is 14.7. The summed E-state index contributed by atoms with van der Waals surface area (Å²) in [7, 11) is 0. The van der Waals surface area contributed by atoms with Crippen LogP contribution in [0.5, 0.6) is 0 Å². The number of ketones is 2. The highest BCUT2D eigenvalue weighted by molar-refractivity contribution is 6.07. The number of rotatable bonds is 4. The van der Waals surface area contributed by atoms with Gasteiger partial charge in [-0.25, -0.2) is 4.98 Å². The molecule has 21 heavy (non-hydrogen) atoms. The van der Waals surface area contributed by atoms with E-state index in [0.29, 0.717) is 12.0 Å². The van der Waals surface area contributed by atoms with E-state index in [1.54, 1.807) is 24.3 Å². The standard InChI is InChI=1S/C16H13N3O2/c20-13(11-7-3-1-4-8-11)15-17-16(19-18-15)14(21)12-9-5-2-6-10-12/h1-9,12H,10H2,(H,17,18,19). The molecule has 104 valence electrons. The third-order valence-corrected chi connectivity index (χ3v) is 3.27. The van der Waals surface area contributed by atoms with Gasteiger partial charge in [0.2, 0.25) is 17.4 Å². The highest BCUT2D eigenvalue weighted by Crippen LogP contribution is 2.16. The van der Waals surface area contributed by atoms with Crippen LogP contribution in [0, 0.1) is 5.92 Å². The van der Waals surface area contributed by atoms with Crippen LogP contribution in [0.4, 0.5) is 0 Å². The van der Waals surface area contributed by atoms with Crippen LogP contribution in [-0.4, -0.2) is 26.7 Å². The first-order valence-corrected chi connectivity index (χ1v) is 6.65. The third-order valence-electron chi connectivity index (χ3n) is 3.27. The van der Waals surface area contributed by atoms with Crippen LogP contribution in [0.25, 0.3) is 0 Å². The molecule has 0 saturated carbocycles. The van der Waals surface area contributed by atoms with Crippen LogP contribution < -0.4 is 0 Å². The van der Waals surface area contributed by atoms with Gasteiger partial charge in [0.05, 0.1) is 0 Å². The molecule has 5 heteroatoms. The van der Waals surface area contributed by atoms with Gasteiger partial charge in [0.1, 0.15) is 0 Å². The van der Waals surface area contributed by atoms with Gasteiger partial charge in [-0.3, -0.25) is 14.7 Å². The molecular formula is C16H13N3O2. The summed E-state index contributed by atoms with van der Waals surface area (Å²) in [6, 6.07) is 8.76. The van der Waals surface area contributed by atoms with Gasteiger partial charge in [-0.15, -0.1) is 5.10 Å². The summed E-state index contributed by atoms with van der Waals surface area (Å²) in [5, 5.41) is 6.42. The molecule has 0 amide bonds. The Hall–Kier alpha value is -2.82. The van der Waals surface area contributed by atoms with Gasteiger partial charge in [0, 0.05) is 11.5 Å². The summed E-state index contributed by atoms with van der Waals surface area (Å²) in [5.74, 6) is -0.579. The molecule has 0 fully saturated rings. The Balaban J connectivity index is 1.80. The highest BCUT2D eigenvalue weighted by Gasteiger charge is 2.23. The first kappa shape index (κ1) is 13.2. The van der Waals surface area contributed by atoms with Gasteiger partial charge in [0.15, 0.2) is 5.82 Å². The molecule has 1 atom stereocenters. The molecule has 1 N–H and O–H groups in total. The minimum absolute atomic E-state index is 0.0548. The number of carbonyl (C=O) groups excluding carboxylic acids is 2. The number of nitrogens with zero attached hydrogens (tertiary/aromatic N) is 2. The molecule has 1 heterocycles. The van der Waals surface area contributed by atoms with Crippen molar-refractivity contribution in [3.63, 3.8) is 0 Å². The van der Waals surface area contributed by atoms with Crippen LogP contribution in [-0.2, 0) is 0 Å². The number of benzene rings is 1. The van der Waals surface area contributed by atoms with E-state index in [1.165, 1.54) is 0 Å². The van der Waals surface area contributed by atoms with E-state index in [2.05, 4.69) is 15.2 Å². The minimum atomic E-state index is -0.277. The molecule has 5 nitrogen and oxygen atoms in total. The van der Waals surface area contributed by atoms with Gasteiger partial charge in [-0.2, -0.15) is 0 Å². The van der Waals surface area contributed by atoms with Gasteiger partial charge in [-0.05, 0) is 6.42 Å². The number of carbonyl (C=O) groups is 2. The zero-order valence-corrected chi connectivity index (χ0v) is 11.2. The predicted octanol–water partition coefficient (Wildman–Crippen LogP) is 2.35. The molecule has 3 rings (SSSR count). The lowest BCUT2D eigenvalue weighted by molar-refractivity contribution is 0.0935. The van der Waals surface area contributed by atoms with Crippen LogP contribution in [0.15, 0.2) is 54.6 Å². The van der Waals surface area contributed by atoms with Crippen LogP contribution in [0.3, 0.4) is 0 Å². The molecular weight excluding hydrogens is 266 g/mol. The molecule has 0 saturated heterocycles. The Kier molecular flexibility index (Phi) is 3.55. The van der Waals surface area contributed by atoms with Crippen molar-refractivity contribution in [2.24, 2.45) is 5.92 Å². The van der Waals surface area contributed by atoms with Crippen LogP contribution >= 0.6 is 0 Å². The summed E-state index contributed by atoms with van der Waals surface area (Å²) < 4.78 is 0. The van der Waals surface area contributed by atoms with Crippen LogP contribution in [0.1, 0.15) is 33.2 Å². The number of nitrogens with one attached hydrogen (secondary N) is 1. The third kappa shape index (κ3) is 2.72. The number of aromatic amines is 1. The van der Waals surface area contributed by atoms with Crippen molar-refractivity contribution < 1.29 is 9.59 Å². The van der Waals surface area contributed by atoms with E-state index in [9.17, 15) is 9.59 Å². The molecule has 2 aromatic rings. The normalized spacial score (nSPS) is 16.9. The van der Waals surface area contributed by atoms with Gasteiger partial charge < -0.3 is 0 Å². The molecule has 1 aliphatic rings. The average molecular weight is 279 g/mol. The second-order valence-corrected chi connectivity index (χ2v) is 4.72. The fourth-order valence-electron chi connectivity index (χ4n) is 2.14. The monoisotopic (exact) mass is 279 g/mol. The highest BCUT2D eigenvalue weighted by atomic mass is 16.1. The summed E-state index contributed by atoms with van der Waals surface area (Å²) in [4.78, 5) is 28.5. The molecule has 0 spiro atoms. The first-order valence-electron chi connectivity index (χ1n) is 6.65. The van der Waals surface area contributed by atoms with E-state index in [0.717, 1.165) is 0 Å². The van der Waals surface area contributed by atoms with Crippen molar-refractivity contribution in [2.45, 2.75) is 6.42 Å². The van der Waals surface area contributed by atoms with Crippen molar-refractivity contribution in [1.82, 2.24) is 15.2 Å². The van der Waals surface area contributed by atoms with E-state index >= 15 is 0 Å². The van der Waals surface area contributed by atoms with E-state index in [4.69, 9.17) is 0 Å². The molecule has 0 bridgehead atoms. The van der Waals surface area contributed by atoms with Gasteiger partial charge in [0.25, 0.3) is 0 Å². The lowest BCUT2D eigenvalue weighted by Gasteiger charge is -2.08. The maximum atomic E-state index is 12.2. The number of aromatic nitrogens is 3. The quantitative estimate of drug-likeness (QED) is 0.872. The number of hydrogen-bond acceptors (Lipinski definition) is 4. The van der Waals surface area contributed by atoms with E-state index in [-0.39, 0.29) is 29.1 Å². The maximum absolute atomic E-state index is 12.2. The van der Waals surface area contributed by atoms with Crippen molar-refractivity contribution in [3.8, 4) is 0 Å². The summed E-state index contributed by atoms with van der Waals surface area (Å²) in [6.07, 6.45) is 8.09. The molecule has 1 aromatic carbocycles. The van der Waals surface area contributed by atoms with Crippen molar-refractivity contribution in [2.75, 3.05) is 0 Å². The van der Waals surface area contributed by atoms with Crippen molar-refractivity contribution >= 4 is 11.6 Å². The Morgan fingerprint density at radius 2 is 1.95 bits per heavy atom. The topological polar surface area (TPSA) is 75.7 Å². The molecule has 0 aliphatic heterocycles. The fraction of sp³-hybridized carbons (Fsp3) is 0.125. The van der Waals surface area contributed by atoms with Gasteiger partial charge in [-0.1, -0.05) is 54.6 Å². The SMILES string of the molecule is O=C(c1ccccc1)c1nc(C(=O)C2C=CC=CC2)n[nH]1. The summed E-state index contributed by atoms with van der Waals surface area (Å²) in [5.41, 5.74) is 0.508. The maximum Gasteiger partial charge on any atom is 0.229 e. The number of H-pyrrole nitrogens is 1. The number of Topliss-reactive ketones (excluding diaryl/α,β-unsaturated/α-hetero) is 1. The number of hydrogen-bond donors (Lipinski definition) is 1. The number of allylic oxidation sites excluding steroid dienone is 4. The predicted molar refractivity (Wildman–Crippen MR) is 77.0 cm³/mol. The largest absolute Gasteiger partial charge is 0.290 e. The fourth-order valence-corrected chi connectivity index (χ4v) is 2.14. The molecule has 1 aliphatic carbocycles.